The van der Waals surface area contributed by atoms with Crippen LogP contribution in [-0.2, 0) is 19.6 Å². The Balaban J connectivity index is 1.93. The van der Waals surface area contributed by atoms with Crippen molar-refractivity contribution in [1.82, 2.24) is 9.62 Å². The summed E-state index contributed by atoms with van der Waals surface area (Å²) in [6.07, 6.45) is 4.48. The second-order valence-corrected chi connectivity index (χ2v) is 11.2. The summed E-state index contributed by atoms with van der Waals surface area (Å²) in [5, 5.41) is 10.8. The summed E-state index contributed by atoms with van der Waals surface area (Å²) in [4.78, 5) is 30.5. The molecule has 0 radical (unpaired) electrons. The first-order valence-corrected chi connectivity index (χ1v) is 14.3. The molecule has 1 aliphatic rings. The predicted molar refractivity (Wildman–Crippen MR) is 147 cm³/mol. The summed E-state index contributed by atoms with van der Waals surface area (Å²) < 4.78 is 40.2. The number of carboxylic acid groups (broad SMARTS) is 1. The highest BCUT2D eigenvalue weighted by molar-refractivity contribution is 7.89. The molecular formula is C26H37N5O7S. The molecule has 0 heterocycles. The molecular weight excluding hydrogens is 526 g/mol. The molecule has 3 rings (SSSR count). The van der Waals surface area contributed by atoms with Gasteiger partial charge in [0.25, 0.3) is 0 Å². The van der Waals surface area contributed by atoms with Crippen LogP contribution in [0.3, 0.4) is 0 Å². The molecule has 1 saturated carbocycles. The maximum absolute atomic E-state index is 13.7. The highest BCUT2D eigenvalue weighted by Gasteiger charge is 2.34. The van der Waals surface area contributed by atoms with Gasteiger partial charge in [0.15, 0.2) is 17.5 Å². The van der Waals surface area contributed by atoms with Crippen LogP contribution in [0.25, 0.3) is 10.8 Å². The topological polar surface area (TPSA) is 187 Å². The van der Waals surface area contributed by atoms with Crippen molar-refractivity contribution < 1.29 is 32.6 Å². The van der Waals surface area contributed by atoms with Crippen molar-refractivity contribution in [3.8, 4) is 11.5 Å². The van der Waals surface area contributed by atoms with Crippen LogP contribution in [0.15, 0.2) is 40.2 Å². The third kappa shape index (κ3) is 7.96. The second kappa shape index (κ2) is 13.5. The van der Waals surface area contributed by atoms with Crippen molar-refractivity contribution >= 4 is 38.6 Å². The van der Waals surface area contributed by atoms with E-state index in [9.17, 15) is 23.1 Å². The number of fused-ring (bicyclic) bond motifs is 1. The first kappa shape index (κ1) is 30.0. The highest BCUT2D eigenvalue weighted by atomic mass is 32.2. The molecule has 1 fully saturated rings. The van der Waals surface area contributed by atoms with Crippen molar-refractivity contribution in [2.24, 2.45) is 16.5 Å². The Labute approximate surface area is 228 Å². The molecule has 1 atom stereocenters. The van der Waals surface area contributed by atoms with Gasteiger partial charge in [0.1, 0.15) is 12.6 Å². The molecule has 2 aromatic carbocycles. The maximum atomic E-state index is 13.7. The van der Waals surface area contributed by atoms with Crippen molar-refractivity contribution in [1.29, 1.82) is 0 Å². The second-order valence-electron chi connectivity index (χ2n) is 9.49. The van der Waals surface area contributed by atoms with Gasteiger partial charge >= 0.3 is 5.97 Å². The van der Waals surface area contributed by atoms with Crippen molar-refractivity contribution in [3.05, 3.63) is 30.3 Å². The normalized spacial score (nSPS) is 14.9. The number of ether oxygens (including phenoxy) is 2. The first-order valence-electron chi connectivity index (χ1n) is 12.8. The number of aliphatic carboxylic acids is 1. The van der Waals surface area contributed by atoms with Gasteiger partial charge in [0, 0.05) is 12.6 Å². The Morgan fingerprint density at radius 1 is 1.08 bits per heavy atom. The van der Waals surface area contributed by atoms with Crippen molar-refractivity contribution in [2.75, 3.05) is 27.3 Å². The summed E-state index contributed by atoms with van der Waals surface area (Å²) in [5.74, 6) is -0.903. The molecule has 214 valence electrons. The lowest BCUT2D eigenvalue weighted by Gasteiger charge is -2.35. The predicted octanol–water partition coefficient (Wildman–Crippen LogP) is 1.80. The third-order valence-electron chi connectivity index (χ3n) is 6.77. The number of guanidine groups is 1. The van der Waals surface area contributed by atoms with Crippen LogP contribution in [0.5, 0.6) is 11.5 Å². The summed E-state index contributed by atoms with van der Waals surface area (Å²) in [6.45, 7) is -0.318. The fraction of sp³-hybridized carbons (Fsp3) is 0.500. The molecule has 0 saturated heterocycles. The number of amides is 1. The Morgan fingerprint density at radius 2 is 1.72 bits per heavy atom. The summed E-state index contributed by atoms with van der Waals surface area (Å²) in [6, 6.07) is 6.50. The number of rotatable bonds is 13. The van der Waals surface area contributed by atoms with Crippen LogP contribution >= 0.6 is 0 Å². The van der Waals surface area contributed by atoms with E-state index in [4.69, 9.17) is 20.9 Å². The van der Waals surface area contributed by atoms with Crippen LogP contribution < -0.4 is 25.7 Å². The molecule has 0 aromatic heterocycles. The summed E-state index contributed by atoms with van der Waals surface area (Å²) >= 11 is 0. The molecule has 1 unspecified atom stereocenters. The van der Waals surface area contributed by atoms with Crippen LogP contribution in [-0.4, -0.2) is 75.7 Å². The zero-order valence-electron chi connectivity index (χ0n) is 22.3. The van der Waals surface area contributed by atoms with E-state index in [1.54, 1.807) is 18.2 Å². The van der Waals surface area contributed by atoms with E-state index < -0.39 is 34.5 Å². The Kier molecular flexibility index (Phi) is 10.4. The van der Waals surface area contributed by atoms with Crippen molar-refractivity contribution in [2.45, 2.75) is 61.9 Å². The van der Waals surface area contributed by atoms with Crippen LogP contribution in [0.2, 0.25) is 0 Å². The van der Waals surface area contributed by atoms with E-state index in [2.05, 4.69) is 9.71 Å². The SMILES string of the molecule is COc1cc2ccc(S(=O)(=O)NC(CCCN=C(N)N)C(=O)N(CC(=O)O)C3CCCCC3)cc2cc1OC. The van der Waals surface area contributed by atoms with Gasteiger partial charge in [-0.05, 0) is 60.7 Å². The summed E-state index contributed by atoms with van der Waals surface area (Å²) in [5.41, 5.74) is 10.8. The average Bonchev–Trinajstić information content (AvgIpc) is 2.92. The average molecular weight is 564 g/mol. The van der Waals surface area contributed by atoms with Crippen LogP contribution in [0, 0.1) is 0 Å². The molecule has 1 aliphatic carbocycles. The van der Waals surface area contributed by atoms with Crippen LogP contribution in [0.1, 0.15) is 44.9 Å². The molecule has 6 N–H and O–H groups in total. The van der Waals surface area contributed by atoms with Gasteiger partial charge in [-0.25, -0.2) is 8.42 Å². The maximum Gasteiger partial charge on any atom is 0.323 e. The van der Waals surface area contributed by atoms with Gasteiger partial charge in [-0.15, -0.1) is 0 Å². The van der Waals surface area contributed by atoms with Gasteiger partial charge in [0.2, 0.25) is 15.9 Å². The lowest BCUT2D eigenvalue weighted by Crippen LogP contribution is -2.53. The fourth-order valence-corrected chi connectivity index (χ4v) is 6.10. The number of sulfonamides is 1. The molecule has 0 aliphatic heterocycles. The quantitative estimate of drug-likeness (QED) is 0.160. The minimum absolute atomic E-state index is 0.0494. The number of benzene rings is 2. The van der Waals surface area contributed by atoms with E-state index in [-0.39, 0.29) is 29.9 Å². The highest BCUT2D eigenvalue weighted by Crippen LogP contribution is 2.33. The van der Waals surface area contributed by atoms with Gasteiger partial charge in [-0.2, -0.15) is 4.72 Å². The van der Waals surface area contributed by atoms with Gasteiger partial charge in [-0.1, -0.05) is 25.3 Å². The largest absolute Gasteiger partial charge is 0.493 e. The number of carboxylic acids is 1. The molecule has 1 amide bonds. The standard InChI is InChI=1S/C26H37N5O7S/c1-37-22-14-17-10-11-20(13-18(17)15-23(22)38-2)39(35,36)30-21(9-6-12-29-26(27)28)25(34)31(16-24(32)33)19-7-4-3-5-8-19/h10-11,13-15,19,21,30H,3-9,12,16H2,1-2H3,(H,32,33)(H4,27,28,29). The Morgan fingerprint density at radius 3 is 2.31 bits per heavy atom. The Bertz CT molecular complexity index is 1310. The fourth-order valence-electron chi connectivity index (χ4n) is 4.84. The number of hydrogen-bond donors (Lipinski definition) is 4. The molecule has 0 spiro atoms. The minimum Gasteiger partial charge on any atom is -0.493 e. The number of hydrogen-bond acceptors (Lipinski definition) is 7. The van der Waals surface area contributed by atoms with Crippen LogP contribution in [0.4, 0.5) is 0 Å². The lowest BCUT2D eigenvalue weighted by atomic mass is 9.93. The number of nitrogens with one attached hydrogen (secondary N) is 1. The minimum atomic E-state index is -4.18. The van der Waals surface area contributed by atoms with Gasteiger partial charge in [0.05, 0.1) is 19.1 Å². The smallest absolute Gasteiger partial charge is 0.323 e. The monoisotopic (exact) mass is 563 g/mol. The van der Waals surface area contributed by atoms with E-state index in [1.165, 1.54) is 31.3 Å². The number of aliphatic imine (C=N–C) groups is 1. The van der Waals surface area contributed by atoms with Crippen molar-refractivity contribution in [3.63, 3.8) is 0 Å². The van der Waals surface area contributed by atoms with Gasteiger partial charge in [-0.3, -0.25) is 14.6 Å². The van der Waals surface area contributed by atoms with E-state index in [1.807, 2.05) is 0 Å². The third-order valence-corrected chi connectivity index (χ3v) is 8.24. The van der Waals surface area contributed by atoms with Gasteiger partial charge < -0.3 is 30.9 Å². The molecule has 2 aromatic rings. The Hall–Kier alpha value is -3.58. The molecule has 0 bridgehead atoms. The zero-order valence-corrected chi connectivity index (χ0v) is 23.1. The number of carbonyl (C=O) groups excluding carboxylic acids is 1. The first-order chi connectivity index (χ1) is 18.6. The van der Waals surface area contributed by atoms with E-state index in [0.717, 1.165) is 24.6 Å². The lowest BCUT2D eigenvalue weighted by molar-refractivity contribution is -0.147. The number of nitrogens with zero attached hydrogens (tertiary/aromatic N) is 2. The van der Waals surface area contributed by atoms with E-state index >= 15 is 0 Å². The number of carbonyl (C=O) groups is 2. The number of methoxy groups -OCH3 is 2. The summed E-state index contributed by atoms with van der Waals surface area (Å²) in [7, 11) is -1.18. The van der Waals surface area contributed by atoms with E-state index in [0.29, 0.717) is 36.1 Å². The molecule has 12 nitrogen and oxygen atoms in total. The number of nitrogens with two attached hydrogens (primary N) is 2. The molecule has 39 heavy (non-hydrogen) atoms. The zero-order chi connectivity index (χ0) is 28.6. The molecule has 13 heteroatoms.